The lowest BCUT2D eigenvalue weighted by Crippen LogP contribution is -2.30. The van der Waals surface area contributed by atoms with Crippen molar-refractivity contribution < 1.29 is 14.4 Å². The van der Waals surface area contributed by atoms with Gasteiger partial charge in [-0.2, -0.15) is 5.26 Å². The van der Waals surface area contributed by atoms with Gasteiger partial charge in [-0.25, -0.2) is 0 Å². The Kier molecular flexibility index (Phi) is 11.7. The van der Waals surface area contributed by atoms with Crippen molar-refractivity contribution in [3.8, 4) is 6.07 Å². The standard InChI is InChI=1S/C40H36N6O3S2/c1-2-35(39(49)45-40-33(23-41)32-18-20-46(26-36(32)51-40)25-27-11-5-3-6-12-27)50-31-17-9-16-30(22-31)43-38(48)34(21-28-13-10-19-42-24-28)44-37(47)29-14-7-4-8-15-29/h3-17,19,21-22,24,35H,2,18,20,25-26H2,1H3,(H,43,48)(H,44,47)(H,45,49)/b34-21-. The summed E-state index contributed by atoms with van der Waals surface area (Å²) in [5, 5.41) is 18.9. The quantitative estimate of drug-likeness (QED) is 0.0904. The third kappa shape index (κ3) is 9.18. The number of amides is 3. The monoisotopic (exact) mass is 712 g/mol. The first kappa shape index (κ1) is 35.3. The second kappa shape index (κ2) is 16.9. The molecule has 3 aromatic carbocycles. The van der Waals surface area contributed by atoms with Crippen LogP contribution in [0.4, 0.5) is 10.7 Å². The van der Waals surface area contributed by atoms with E-state index in [1.54, 1.807) is 73.1 Å². The first-order chi connectivity index (χ1) is 24.9. The fraction of sp³-hybridized carbons (Fsp3) is 0.175. The van der Waals surface area contributed by atoms with Crippen LogP contribution in [0.1, 0.15) is 50.8 Å². The highest BCUT2D eigenvalue weighted by Crippen LogP contribution is 2.38. The van der Waals surface area contributed by atoms with E-state index in [2.05, 4.69) is 44.0 Å². The third-order valence-electron chi connectivity index (χ3n) is 8.29. The van der Waals surface area contributed by atoms with E-state index in [1.807, 2.05) is 37.3 Å². The van der Waals surface area contributed by atoms with Crippen LogP contribution in [-0.2, 0) is 29.1 Å². The molecule has 0 saturated heterocycles. The molecule has 2 aromatic heterocycles. The van der Waals surface area contributed by atoms with E-state index >= 15 is 0 Å². The van der Waals surface area contributed by atoms with Crippen LogP contribution in [0.3, 0.4) is 0 Å². The van der Waals surface area contributed by atoms with Crippen LogP contribution in [0, 0.1) is 11.3 Å². The molecule has 3 amide bonds. The SMILES string of the molecule is CCC(Sc1cccc(NC(=O)/C(=C/c2cccnc2)NC(=O)c2ccccc2)c1)C(=O)Nc1sc2c(c1C#N)CCN(Cc1ccccc1)C2. The number of fused-ring (bicyclic) bond motifs is 1. The molecule has 3 heterocycles. The van der Waals surface area contributed by atoms with Crippen molar-refractivity contribution in [3.05, 3.63) is 148 Å². The predicted molar refractivity (Wildman–Crippen MR) is 203 cm³/mol. The summed E-state index contributed by atoms with van der Waals surface area (Å²) < 4.78 is 0. The summed E-state index contributed by atoms with van der Waals surface area (Å²) in [6, 6.07) is 32.1. The Labute approximate surface area is 305 Å². The molecular weight excluding hydrogens is 677 g/mol. The van der Waals surface area contributed by atoms with Crippen molar-refractivity contribution in [1.82, 2.24) is 15.2 Å². The zero-order valence-corrected chi connectivity index (χ0v) is 29.6. The molecule has 0 spiro atoms. The first-order valence-corrected chi connectivity index (χ1v) is 18.3. The van der Waals surface area contributed by atoms with Gasteiger partial charge in [0.2, 0.25) is 5.91 Å². The van der Waals surface area contributed by atoms with Crippen molar-refractivity contribution in [2.24, 2.45) is 0 Å². The molecule has 1 aliphatic heterocycles. The fourth-order valence-corrected chi connectivity index (χ4v) is 7.99. The van der Waals surface area contributed by atoms with E-state index in [4.69, 9.17) is 0 Å². The average Bonchev–Trinajstić information content (AvgIpc) is 3.50. The summed E-state index contributed by atoms with van der Waals surface area (Å²) in [7, 11) is 0. The average molecular weight is 713 g/mol. The Morgan fingerprint density at radius 3 is 2.51 bits per heavy atom. The van der Waals surface area contributed by atoms with Gasteiger partial charge in [0.25, 0.3) is 11.8 Å². The molecule has 0 bridgehead atoms. The summed E-state index contributed by atoms with van der Waals surface area (Å²) in [5.41, 5.74) is 4.45. The van der Waals surface area contributed by atoms with Gasteiger partial charge in [-0.1, -0.05) is 67.6 Å². The normalized spacial score (nSPS) is 13.4. The third-order valence-corrected chi connectivity index (χ3v) is 10.8. The number of rotatable bonds is 12. The second-order valence-electron chi connectivity index (χ2n) is 11.9. The van der Waals surface area contributed by atoms with Gasteiger partial charge in [0.05, 0.1) is 10.8 Å². The van der Waals surface area contributed by atoms with Gasteiger partial charge in [0.15, 0.2) is 0 Å². The number of carbonyl (C=O) groups excluding carboxylic acids is 3. The Morgan fingerprint density at radius 2 is 1.78 bits per heavy atom. The molecule has 0 aliphatic carbocycles. The molecule has 6 rings (SSSR count). The maximum atomic E-state index is 13.6. The Balaban J connectivity index is 1.12. The number of carbonyl (C=O) groups is 3. The summed E-state index contributed by atoms with van der Waals surface area (Å²) in [5.74, 6) is -1.11. The van der Waals surface area contributed by atoms with Crippen LogP contribution in [0.5, 0.6) is 0 Å². The lowest BCUT2D eigenvalue weighted by atomic mass is 10.0. The lowest BCUT2D eigenvalue weighted by molar-refractivity contribution is -0.116. The topological polar surface area (TPSA) is 127 Å². The number of nitrogens with one attached hydrogen (secondary N) is 3. The van der Waals surface area contributed by atoms with E-state index in [1.165, 1.54) is 28.7 Å². The molecule has 3 N–H and O–H groups in total. The summed E-state index contributed by atoms with van der Waals surface area (Å²) in [6.45, 7) is 4.36. The maximum absolute atomic E-state index is 13.6. The minimum Gasteiger partial charge on any atom is -0.321 e. The molecular formula is C40H36N6O3S2. The van der Waals surface area contributed by atoms with Crippen LogP contribution in [-0.4, -0.2) is 39.4 Å². The van der Waals surface area contributed by atoms with Crippen LogP contribution < -0.4 is 16.0 Å². The van der Waals surface area contributed by atoms with Crippen molar-refractivity contribution in [3.63, 3.8) is 0 Å². The van der Waals surface area contributed by atoms with Crippen LogP contribution in [0.2, 0.25) is 0 Å². The minimum atomic E-state index is -0.511. The van der Waals surface area contributed by atoms with Crippen LogP contribution >= 0.6 is 23.1 Å². The zero-order chi connectivity index (χ0) is 35.6. The number of nitriles is 1. The molecule has 0 fully saturated rings. The summed E-state index contributed by atoms with van der Waals surface area (Å²) >= 11 is 2.87. The molecule has 1 atom stereocenters. The van der Waals surface area contributed by atoms with Crippen molar-refractivity contribution in [1.29, 1.82) is 5.26 Å². The number of thioether (sulfide) groups is 1. The number of thiophene rings is 1. The van der Waals surface area contributed by atoms with Crippen molar-refractivity contribution in [2.45, 2.75) is 43.0 Å². The lowest BCUT2D eigenvalue weighted by Gasteiger charge is -2.26. The van der Waals surface area contributed by atoms with Gasteiger partial charge in [-0.3, -0.25) is 24.3 Å². The van der Waals surface area contributed by atoms with Gasteiger partial charge in [0.1, 0.15) is 16.8 Å². The Bertz CT molecular complexity index is 2080. The highest BCUT2D eigenvalue weighted by molar-refractivity contribution is 8.00. The smallest absolute Gasteiger partial charge is 0.272 e. The van der Waals surface area contributed by atoms with Crippen LogP contribution in [0.15, 0.2) is 120 Å². The number of aromatic nitrogens is 1. The van der Waals surface area contributed by atoms with Gasteiger partial charge >= 0.3 is 0 Å². The number of nitrogens with zero attached hydrogens (tertiary/aromatic N) is 3. The minimum absolute atomic E-state index is 0.0517. The molecule has 1 aliphatic rings. The number of benzene rings is 3. The second-order valence-corrected chi connectivity index (χ2v) is 14.3. The number of anilines is 2. The highest BCUT2D eigenvalue weighted by Gasteiger charge is 2.27. The van der Waals surface area contributed by atoms with Gasteiger partial charge in [-0.15, -0.1) is 23.1 Å². The molecule has 9 nitrogen and oxygen atoms in total. The van der Waals surface area contributed by atoms with E-state index in [0.29, 0.717) is 33.8 Å². The zero-order valence-electron chi connectivity index (χ0n) is 28.0. The molecule has 51 heavy (non-hydrogen) atoms. The fourth-order valence-electron chi connectivity index (χ4n) is 5.73. The van der Waals surface area contributed by atoms with Crippen molar-refractivity contribution >= 4 is 57.6 Å². The molecule has 1 unspecified atom stereocenters. The van der Waals surface area contributed by atoms with E-state index in [0.717, 1.165) is 41.4 Å². The highest BCUT2D eigenvalue weighted by atomic mass is 32.2. The van der Waals surface area contributed by atoms with E-state index in [9.17, 15) is 19.6 Å². The number of pyridine rings is 1. The molecule has 256 valence electrons. The Morgan fingerprint density at radius 1 is 1.00 bits per heavy atom. The van der Waals surface area contributed by atoms with E-state index < -0.39 is 17.1 Å². The van der Waals surface area contributed by atoms with Gasteiger partial charge in [-0.05, 0) is 72.0 Å². The first-order valence-electron chi connectivity index (χ1n) is 16.6. The number of hydrogen-bond donors (Lipinski definition) is 3. The largest absolute Gasteiger partial charge is 0.321 e. The van der Waals surface area contributed by atoms with Crippen LogP contribution in [0.25, 0.3) is 6.08 Å². The summed E-state index contributed by atoms with van der Waals surface area (Å²) in [4.78, 5) is 48.5. The molecule has 0 saturated carbocycles. The number of hydrogen-bond acceptors (Lipinski definition) is 8. The van der Waals surface area contributed by atoms with Gasteiger partial charge < -0.3 is 16.0 Å². The predicted octanol–water partition coefficient (Wildman–Crippen LogP) is 7.49. The van der Waals surface area contributed by atoms with Crippen molar-refractivity contribution in [2.75, 3.05) is 17.2 Å². The maximum Gasteiger partial charge on any atom is 0.272 e. The molecule has 0 radical (unpaired) electrons. The van der Waals surface area contributed by atoms with E-state index in [-0.39, 0.29) is 11.6 Å². The van der Waals surface area contributed by atoms with Gasteiger partial charge in [0, 0.05) is 53.1 Å². The molecule has 5 aromatic rings. The summed E-state index contributed by atoms with van der Waals surface area (Å²) in [6.07, 6.45) is 6.10. The Hall–Kier alpha value is -5.54. The molecule has 11 heteroatoms.